The minimum absolute atomic E-state index is 0.716. The molecule has 3 heteroatoms. The lowest BCUT2D eigenvalue weighted by molar-refractivity contribution is 0.178. The molecular formula is C16H28N2O. The highest BCUT2D eigenvalue weighted by atomic mass is 16.3. The molecule has 1 aliphatic rings. The average Bonchev–Trinajstić information content (AvgIpc) is 2.90. The van der Waals surface area contributed by atoms with E-state index in [1.807, 2.05) is 6.07 Å². The lowest BCUT2D eigenvalue weighted by Gasteiger charge is -2.34. The van der Waals surface area contributed by atoms with Gasteiger partial charge in [-0.1, -0.05) is 19.8 Å². The highest BCUT2D eigenvalue weighted by Crippen LogP contribution is 2.25. The van der Waals surface area contributed by atoms with Crippen molar-refractivity contribution < 1.29 is 4.42 Å². The van der Waals surface area contributed by atoms with Gasteiger partial charge in [-0.05, 0) is 50.9 Å². The maximum atomic E-state index is 5.43. The fourth-order valence-corrected chi connectivity index (χ4v) is 3.16. The molecule has 1 heterocycles. The first-order valence-corrected chi connectivity index (χ1v) is 7.74. The zero-order chi connectivity index (χ0) is 13.5. The van der Waals surface area contributed by atoms with E-state index in [2.05, 4.69) is 30.3 Å². The van der Waals surface area contributed by atoms with Gasteiger partial charge in [0.25, 0.3) is 0 Å². The number of hydrogen-bond donors (Lipinski definition) is 1. The zero-order valence-corrected chi connectivity index (χ0v) is 12.4. The quantitative estimate of drug-likeness (QED) is 0.819. The Labute approximate surface area is 117 Å². The molecular weight excluding hydrogens is 236 g/mol. The molecule has 0 spiro atoms. The highest BCUT2D eigenvalue weighted by molar-refractivity contribution is 4.97. The fraction of sp³-hybridized carbons (Fsp3) is 0.750. The Hall–Kier alpha value is -0.800. The van der Waals surface area contributed by atoms with Crippen LogP contribution in [0.3, 0.4) is 0 Å². The molecule has 0 amide bonds. The van der Waals surface area contributed by atoms with Gasteiger partial charge < -0.3 is 9.73 Å². The zero-order valence-electron chi connectivity index (χ0n) is 12.4. The van der Waals surface area contributed by atoms with Crippen LogP contribution in [-0.2, 0) is 6.54 Å². The largest absolute Gasteiger partial charge is 0.468 e. The number of hydrogen-bond acceptors (Lipinski definition) is 3. The number of rotatable bonds is 7. The van der Waals surface area contributed by atoms with Crippen molar-refractivity contribution in [2.75, 3.05) is 20.1 Å². The van der Waals surface area contributed by atoms with Crippen LogP contribution < -0.4 is 5.32 Å². The van der Waals surface area contributed by atoms with Gasteiger partial charge in [0.15, 0.2) is 0 Å². The second-order valence-electron chi connectivity index (χ2n) is 5.88. The molecule has 1 aromatic rings. The van der Waals surface area contributed by atoms with Crippen LogP contribution in [0, 0.1) is 5.92 Å². The van der Waals surface area contributed by atoms with Crippen molar-refractivity contribution in [1.29, 1.82) is 0 Å². The second-order valence-corrected chi connectivity index (χ2v) is 5.88. The molecule has 0 aliphatic heterocycles. The Morgan fingerprint density at radius 2 is 2.21 bits per heavy atom. The molecule has 2 atom stereocenters. The van der Waals surface area contributed by atoms with Crippen LogP contribution in [-0.4, -0.2) is 31.1 Å². The molecule has 0 aromatic carbocycles. The summed E-state index contributed by atoms with van der Waals surface area (Å²) in [6, 6.07) is 4.74. The van der Waals surface area contributed by atoms with Crippen LogP contribution in [0.25, 0.3) is 0 Å². The van der Waals surface area contributed by atoms with Gasteiger partial charge in [-0.15, -0.1) is 0 Å². The lowest BCUT2D eigenvalue weighted by Crippen LogP contribution is -2.43. The molecule has 19 heavy (non-hydrogen) atoms. The van der Waals surface area contributed by atoms with Crippen molar-refractivity contribution in [2.24, 2.45) is 5.92 Å². The number of furan rings is 1. The maximum Gasteiger partial charge on any atom is 0.117 e. The lowest BCUT2D eigenvalue weighted by atomic mass is 9.84. The topological polar surface area (TPSA) is 28.4 Å². The van der Waals surface area contributed by atoms with E-state index < -0.39 is 0 Å². The van der Waals surface area contributed by atoms with Gasteiger partial charge in [-0.2, -0.15) is 0 Å². The molecule has 2 unspecified atom stereocenters. The third-order valence-corrected chi connectivity index (χ3v) is 4.12. The molecule has 2 rings (SSSR count). The SMILES string of the molecule is CCCNC1CCCCC1CN(C)Cc1ccco1. The second kappa shape index (κ2) is 7.71. The first kappa shape index (κ1) is 14.6. The molecule has 1 aromatic heterocycles. The van der Waals surface area contributed by atoms with Gasteiger partial charge in [0.2, 0.25) is 0 Å². The van der Waals surface area contributed by atoms with Gasteiger partial charge in [0.05, 0.1) is 12.8 Å². The van der Waals surface area contributed by atoms with Gasteiger partial charge in [0, 0.05) is 12.6 Å². The average molecular weight is 264 g/mol. The number of nitrogens with one attached hydrogen (secondary N) is 1. The van der Waals surface area contributed by atoms with Gasteiger partial charge in [0.1, 0.15) is 5.76 Å². The highest BCUT2D eigenvalue weighted by Gasteiger charge is 2.25. The molecule has 0 radical (unpaired) electrons. The number of nitrogens with zero attached hydrogens (tertiary/aromatic N) is 1. The van der Waals surface area contributed by atoms with Crippen molar-refractivity contribution in [2.45, 2.75) is 51.6 Å². The predicted octanol–water partition coefficient (Wildman–Crippen LogP) is 3.27. The Balaban J connectivity index is 1.80. The van der Waals surface area contributed by atoms with E-state index in [0.717, 1.165) is 24.8 Å². The summed E-state index contributed by atoms with van der Waals surface area (Å²) < 4.78 is 5.43. The third kappa shape index (κ3) is 4.66. The molecule has 1 N–H and O–H groups in total. The van der Waals surface area contributed by atoms with E-state index in [0.29, 0.717) is 6.04 Å². The van der Waals surface area contributed by atoms with Crippen molar-refractivity contribution in [1.82, 2.24) is 10.2 Å². The van der Waals surface area contributed by atoms with Gasteiger partial charge in [-0.25, -0.2) is 0 Å². The van der Waals surface area contributed by atoms with Gasteiger partial charge >= 0.3 is 0 Å². The Kier molecular flexibility index (Phi) is 5.93. The molecule has 1 aliphatic carbocycles. The summed E-state index contributed by atoms with van der Waals surface area (Å²) in [5, 5.41) is 3.74. The molecule has 1 saturated carbocycles. The summed E-state index contributed by atoms with van der Waals surface area (Å²) >= 11 is 0. The smallest absolute Gasteiger partial charge is 0.117 e. The summed E-state index contributed by atoms with van der Waals surface area (Å²) in [4.78, 5) is 2.40. The Morgan fingerprint density at radius 3 is 2.95 bits per heavy atom. The summed E-state index contributed by atoms with van der Waals surface area (Å²) in [6.45, 7) is 5.49. The van der Waals surface area contributed by atoms with Crippen LogP contribution >= 0.6 is 0 Å². The summed E-state index contributed by atoms with van der Waals surface area (Å²) in [6.07, 6.45) is 8.48. The van der Waals surface area contributed by atoms with Crippen molar-refractivity contribution in [3.8, 4) is 0 Å². The first-order chi connectivity index (χ1) is 9.29. The molecule has 3 nitrogen and oxygen atoms in total. The van der Waals surface area contributed by atoms with E-state index in [9.17, 15) is 0 Å². The normalized spacial score (nSPS) is 23.9. The van der Waals surface area contributed by atoms with Crippen LogP contribution in [0.2, 0.25) is 0 Å². The van der Waals surface area contributed by atoms with Crippen LogP contribution in [0.1, 0.15) is 44.8 Å². The monoisotopic (exact) mass is 264 g/mol. The Morgan fingerprint density at radius 1 is 1.37 bits per heavy atom. The van der Waals surface area contributed by atoms with Crippen LogP contribution in [0.15, 0.2) is 22.8 Å². The molecule has 1 fully saturated rings. The molecule has 0 saturated heterocycles. The van der Waals surface area contributed by atoms with Gasteiger partial charge in [-0.3, -0.25) is 4.90 Å². The minimum Gasteiger partial charge on any atom is -0.468 e. The van der Waals surface area contributed by atoms with Crippen molar-refractivity contribution >= 4 is 0 Å². The van der Waals surface area contributed by atoms with E-state index in [1.165, 1.54) is 38.6 Å². The summed E-state index contributed by atoms with van der Waals surface area (Å²) in [5.41, 5.74) is 0. The maximum absolute atomic E-state index is 5.43. The first-order valence-electron chi connectivity index (χ1n) is 7.74. The van der Waals surface area contributed by atoms with Crippen molar-refractivity contribution in [3.63, 3.8) is 0 Å². The summed E-state index contributed by atoms with van der Waals surface area (Å²) in [5.74, 6) is 1.86. The van der Waals surface area contributed by atoms with E-state index in [1.54, 1.807) is 6.26 Å². The van der Waals surface area contributed by atoms with Crippen LogP contribution in [0.5, 0.6) is 0 Å². The molecule has 108 valence electrons. The predicted molar refractivity (Wildman–Crippen MR) is 79.1 cm³/mol. The standard InChI is InChI=1S/C16H28N2O/c1-3-10-17-16-9-5-4-7-14(16)12-18(2)13-15-8-6-11-19-15/h6,8,11,14,16-17H,3-5,7,9-10,12-13H2,1-2H3. The van der Waals surface area contributed by atoms with E-state index in [4.69, 9.17) is 4.42 Å². The summed E-state index contributed by atoms with van der Waals surface area (Å²) in [7, 11) is 2.20. The van der Waals surface area contributed by atoms with Crippen molar-refractivity contribution in [3.05, 3.63) is 24.2 Å². The van der Waals surface area contributed by atoms with E-state index in [-0.39, 0.29) is 0 Å². The van der Waals surface area contributed by atoms with E-state index >= 15 is 0 Å². The molecule has 0 bridgehead atoms. The third-order valence-electron chi connectivity index (χ3n) is 4.12. The fourth-order valence-electron chi connectivity index (χ4n) is 3.16. The van der Waals surface area contributed by atoms with Crippen LogP contribution in [0.4, 0.5) is 0 Å². The Bertz CT molecular complexity index is 337. The minimum atomic E-state index is 0.716.